The summed E-state index contributed by atoms with van der Waals surface area (Å²) in [6.45, 7) is 0.104. The Labute approximate surface area is 167 Å². The zero-order valence-electron chi connectivity index (χ0n) is 15.5. The molecule has 0 amide bonds. The van der Waals surface area contributed by atoms with Crippen molar-refractivity contribution in [3.8, 4) is 22.8 Å². The van der Waals surface area contributed by atoms with E-state index >= 15 is 0 Å². The summed E-state index contributed by atoms with van der Waals surface area (Å²) in [6.07, 6.45) is 4.98. The fraction of sp³-hybridized carbons (Fsp3) is 0.100. The Hall–Kier alpha value is -3.43. The summed E-state index contributed by atoms with van der Waals surface area (Å²) in [6, 6.07) is 12.9. The van der Waals surface area contributed by atoms with Gasteiger partial charge in [-0.25, -0.2) is 18.1 Å². The van der Waals surface area contributed by atoms with Gasteiger partial charge in [0.25, 0.3) is 5.56 Å². The molecule has 3 aromatic heterocycles. The topological polar surface area (TPSA) is 106 Å². The van der Waals surface area contributed by atoms with E-state index in [0.717, 1.165) is 10.9 Å². The van der Waals surface area contributed by atoms with E-state index in [1.54, 1.807) is 25.6 Å². The molecule has 29 heavy (non-hydrogen) atoms. The van der Waals surface area contributed by atoms with Gasteiger partial charge in [0, 0.05) is 48.7 Å². The lowest BCUT2D eigenvalue weighted by Gasteiger charge is -2.14. The van der Waals surface area contributed by atoms with Crippen LogP contribution in [0, 0.1) is 0 Å². The molecule has 2 N–H and O–H groups in total. The number of ether oxygens (including phenoxy) is 1. The molecule has 0 saturated carbocycles. The smallest absolute Gasteiger partial charge is 0.274 e. The van der Waals surface area contributed by atoms with Crippen LogP contribution in [0.5, 0.6) is 11.6 Å². The largest absolute Gasteiger partial charge is 0.438 e. The minimum Gasteiger partial charge on any atom is -0.438 e. The summed E-state index contributed by atoms with van der Waals surface area (Å²) in [5, 5.41) is 0.729. The molecule has 148 valence electrons. The summed E-state index contributed by atoms with van der Waals surface area (Å²) in [7, 11) is -1.05. The Balaban J connectivity index is 1.89. The highest BCUT2D eigenvalue weighted by Gasteiger charge is 2.16. The number of para-hydroxylation sites is 1. The Kier molecular flexibility index (Phi) is 5.15. The van der Waals surface area contributed by atoms with Gasteiger partial charge in [-0.2, -0.15) is 0 Å². The SMILES string of the molecule is Cn1cc(-c2cc(CN[SH](=O)=O)cnc2Oc2ccccc2)c2cc[nH]c2c1=O. The van der Waals surface area contributed by atoms with Gasteiger partial charge in [0.1, 0.15) is 11.3 Å². The third-order valence-electron chi connectivity index (χ3n) is 4.46. The van der Waals surface area contributed by atoms with Gasteiger partial charge >= 0.3 is 0 Å². The van der Waals surface area contributed by atoms with Crippen LogP contribution in [-0.2, 0) is 24.5 Å². The molecule has 1 aromatic carbocycles. The average molecular weight is 410 g/mol. The highest BCUT2D eigenvalue weighted by molar-refractivity contribution is 7.70. The molecule has 8 nitrogen and oxygen atoms in total. The molecular weight excluding hydrogens is 392 g/mol. The Morgan fingerprint density at radius 1 is 1.17 bits per heavy atom. The van der Waals surface area contributed by atoms with Gasteiger partial charge in [0.2, 0.25) is 16.8 Å². The van der Waals surface area contributed by atoms with Gasteiger partial charge in [0.05, 0.1) is 0 Å². The van der Waals surface area contributed by atoms with Crippen molar-refractivity contribution in [2.45, 2.75) is 6.54 Å². The van der Waals surface area contributed by atoms with E-state index < -0.39 is 10.9 Å². The summed E-state index contributed by atoms with van der Waals surface area (Å²) in [5.41, 5.74) is 2.39. The summed E-state index contributed by atoms with van der Waals surface area (Å²) < 4.78 is 31.6. The normalized spacial score (nSPS) is 11.2. The predicted octanol–water partition coefficient (Wildman–Crippen LogP) is 2.34. The molecule has 0 radical (unpaired) electrons. The van der Waals surface area contributed by atoms with E-state index in [1.165, 1.54) is 4.57 Å². The zero-order valence-corrected chi connectivity index (χ0v) is 16.3. The van der Waals surface area contributed by atoms with E-state index in [1.807, 2.05) is 42.5 Å². The van der Waals surface area contributed by atoms with E-state index in [9.17, 15) is 13.2 Å². The van der Waals surface area contributed by atoms with Crippen molar-refractivity contribution in [2.75, 3.05) is 0 Å². The first-order valence-corrected chi connectivity index (χ1v) is 9.97. The van der Waals surface area contributed by atoms with E-state index in [4.69, 9.17) is 4.74 Å². The number of hydrogen-bond donors (Lipinski definition) is 3. The second-order valence-electron chi connectivity index (χ2n) is 6.43. The minimum atomic E-state index is -2.73. The van der Waals surface area contributed by atoms with Gasteiger partial charge in [-0.3, -0.25) is 4.79 Å². The fourth-order valence-corrected chi connectivity index (χ4v) is 3.42. The molecular formula is C20H18N4O4S. The number of nitrogens with one attached hydrogen (secondary N) is 2. The summed E-state index contributed by atoms with van der Waals surface area (Å²) in [5.74, 6) is 0.970. The van der Waals surface area contributed by atoms with Gasteiger partial charge in [-0.1, -0.05) is 18.2 Å². The van der Waals surface area contributed by atoms with Gasteiger partial charge in [-0.15, -0.1) is 0 Å². The quantitative estimate of drug-likeness (QED) is 0.423. The number of pyridine rings is 2. The van der Waals surface area contributed by atoms with Crippen LogP contribution in [0.1, 0.15) is 5.56 Å². The van der Waals surface area contributed by atoms with Crippen molar-refractivity contribution >= 4 is 21.8 Å². The third kappa shape index (κ3) is 3.91. The number of nitrogens with zero attached hydrogens (tertiary/aromatic N) is 2. The first-order chi connectivity index (χ1) is 14.0. The predicted molar refractivity (Wildman–Crippen MR) is 110 cm³/mol. The van der Waals surface area contributed by atoms with Gasteiger partial charge in [0.15, 0.2) is 0 Å². The van der Waals surface area contributed by atoms with Crippen molar-refractivity contribution in [1.29, 1.82) is 0 Å². The molecule has 0 saturated heterocycles. The van der Waals surface area contributed by atoms with Crippen LogP contribution in [0.4, 0.5) is 0 Å². The monoisotopic (exact) mass is 410 g/mol. The standard InChI is InChI=1S/C20H18N4O4S/c1-24-12-17(15-7-8-21-18(15)20(24)25)16-9-13(11-23-29(26)27)10-22-19(16)28-14-5-3-2-4-6-14/h2-10,12,21,29H,11H2,1H3,(H,23,26,27). The molecule has 0 aliphatic heterocycles. The Bertz CT molecular complexity index is 1300. The van der Waals surface area contributed by atoms with E-state index in [-0.39, 0.29) is 12.1 Å². The fourth-order valence-electron chi connectivity index (χ4n) is 3.11. The summed E-state index contributed by atoms with van der Waals surface area (Å²) >= 11 is 0. The number of H-pyrrole nitrogens is 1. The minimum absolute atomic E-state index is 0.104. The number of hydrogen-bond acceptors (Lipinski definition) is 5. The van der Waals surface area contributed by atoms with Crippen LogP contribution >= 0.6 is 0 Å². The molecule has 0 aliphatic rings. The van der Waals surface area contributed by atoms with E-state index in [0.29, 0.717) is 28.3 Å². The molecule has 4 rings (SSSR count). The van der Waals surface area contributed by atoms with E-state index in [2.05, 4.69) is 14.7 Å². The first-order valence-electron chi connectivity index (χ1n) is 8.80. The number of fused-ring (bicyclic) bond motifs is 1. The molecule has 0 atom stereocenters. The second kappa shape index (κ2) is 7.90. The van der Waals surface area contributed by atoms with Gasteiger partial charge in [-0.05, 0) is 29.8 Å². The van der Waals surface area contributed by atoms with Crippen molar-refractivity contribution in [2.24, 2.45) is 7.05 Å². The highest BCUT2D eigenvalue weighted by atomic mass is 32.2. The third-order valence-corrected chi connectivity index (χ3v) is 4.88. The Morgan fingerprint density at radius 3 is 2.72 bits per heavy atom. The van der Waals surface area contributed by atoms with Crippen molar-refractivity contribution in [3.05, 3.63) is 77.0 Å². The molecule has 9 heteroatoms. The van der Waals surface area contributed by atoms with Crippen molar-refractivity contribution in [1.82, 2.24) is 19.3 Å². The van der Waals surface area contributed by atoms with Crippen LogP contribution in [-0.4, -0.2) is 23.0 Å². The van der Waals surface area contributed by atoms with Crippen LogP contribution in [0.15, 0.2) is 65.8 Å². The van der Waals surface area contributed by atoms with Crippen LogP contribution in [0.2, 0.25) is 0 Å². The first kappa shape index (κ1) is 18.9. The van der Waals surface area contributed by atoms with Crippen LogP contribution < -0.4 is 15.0 Å². The maximum absolute atomic E-state index is 12.4. The molecule has 3 heterocycles. The number of thiol groups is 1. The molecule has 0 spiro atoms. The summed E-state index contributed by atoms with van der Waals surface area (Å²) in [4.78, 5) is 19.8. The number of aryl methyl sites for hydroxylation is 1. The molecule has 0 unspecified atom stereocenters. The Morgan fingerprint density at radius 2 is 1.97 bits per heavy atom. The molecule has 0 fully saturated rings. The molecule has 0 aliphatic carbocycles. The number of aromatic amines is 1. The average Bonchev–Trinajstić information content (AvgIpc) is 3.21. The van der Waals surface area contributed by atoms with Crippen LogP contribution in [0.3, 0.4) is 0 Å². The zero-order chi connectivity index (χ0) is 20.4. The van der Waals surface area contributed by atoms with Crippen molar-refractivity contribution in [3.63, 3.8) is 0 Å². The number of rotatable bonds is 6. The second-order valence-corrected chi connectivity index (χ2v) is 7.26. The van der Waals surface area contributed by atoms with Crippen LogP contribution in [0.25, 0.3) is 22.0 Å². The lowest BCUT2D eigenvalue weighted by molar-refractivity contribution is 0.464. The van der Waals surface area contributed by atoms with Crippen molar-refractivity contribution < 1.29 is 13.2 Å². The highest BCUT2D eigenvalue weighted by Crippen LogP contribution is 2.35. The molecule has 4 aromatic rings. The maximum Gasteiger partial charge on any atom is 0.274 e. The number of aromatic nitrogens is 3. The lowest BCUT2D eigenvalue weighted by Crippen LogP contribution is -2.16. The number of benzene rings is 1. The molecule has 0 bridgehead atoms. The van der Waals surface area contributed by atoms with Gasteiger partial charge < -0.3 is 14.3 Å². The maximum atomic E-state index is 12.4. The lowest BCUT2D eigenvalue weighted by atomic mass is 10.0.